The van der Waals surface area contributed by atoms with Gasteiger partial charge in [-0.1, -0.05) is 144 Å². The Morgan fingerprint density at radius 2 is 0.860 bits per heavy atom. The molecule has 0 N–H and O–H groups in total. The maximum Gasteiger partial charge on any atom is 0.306 e. The molecule has 8 nitrogen and oxygen atoms in total. The van der Waals surface area contributed by atoms with Gasteiger partial charge in [-0.25, -0.2) is 0 Å². The first-order valence-electron chi connectivity index (χ1n) is 20.9. The lowest BCUT2D eigenvalue weighted by atomic mass is 9.99. The van der Waals surface area contributed by atoms with Crippen LogP contribution in [0.5, 0.6) is 23.0 Å². The van der Waals surface area contributed by atoms with E-state index in [-0.39, 0.29) is 38.4 Å². The maximum atomic E-state index is 13.0. The minimum atomic E-state index is -0.644. The van der Waals surface area contributed by atoms with Crippen molar-refractivity contribution in [1.29, 1.82) is 0 Å². The molecular weight excluding hydrogens is 717 g/mol. The molecule has 0 aromatic heterocycles. The molecule has 0 saturated carbocycles. The van der Waals surface area contributed by atoms with Crippen LogP contribution in [0.4, 0.5) is 0 Å². The number of benzene rings is 5. The number of hydrogen-bond donors (Lipinski definition) is 0. The number of hydrogen-bond acceptors (Lipinski definition) is 8. The van der Waals surface area contributed by atoms with Crippen molar-refractivity contribution in [3.63, 3.8) is 0 Å². The Balaban J connectivity index is 1.37. The molecule has 2 unspecified atom stereocenters. The lowest BCUT2D eigenvalue weighted by Crippen LogP contribution is -2.31. The summed E-state index contributed by atoms with van der Waals surface area (Å²) in [4.78, 5) is 26.1. The SMILES string of the molecule is CCCCCCCC(=O)OC(COc1ccccc1)COc1c2ccccc2c(OCC(COc2ccccc2)OC(=O)CCCCCCC)c2cc(C)ccc12. The number of rotatable bonds is 26. The average Bonchev–Trinajstić information content (AvgIpc) is 3.23. The molecule has 0 aliphatic rings. The molecule has 0 amide bonds. The van der Waals surface area contributed by atoms with Crippen LogP contribution in [0.3, 0.4) is 0 Å². The Morgan fingerprint density at radius 1 is 0.456 bits per heavy atom. The smallest absolute Gasteiger partial charge is 0.306 e. The first-order valence-corrected chi connectivity index (χ1v) is 20.9. The van der Waals surface area contributed by atoms with Crippen LogP contribution < -0.4 is 18.9 Å². The third-order valence-corrected chi connectivity index (χ3v) is 9.83. The van der Waals surface area contributed by atoms with Crippen LogP contribution in [0.15, 0.2) is 103 Å². The summed E-state index contributed by atoms with van der Waals surface area (Å²) in [6.07, 6.45) is 9.85. The molecule has 0 radical (unpaired) electrons. The van der Waals surface area contributed by atoms with E-state index in [0.717, 1.165) is 91.3 Å². The van der Waals surface area contributed by atoms with E-state index in [4.69, 9.17) is 28.4 Å². The highest BCUT2D eigenvalue weighted by molar-refractivity contribution is 6.11. The van der Waals surface area contributed by atoms with E-state index in [2.05, 4.69) is 19.9 Å². The summed E-state index contributed by atoms with van der Waals surface area (Å²) in [7, 11) is 0. The third-order valence-electron chi connectivity index (χ3n) is 9.83. The van der Waals surface area contributed by atoms with E-state index in [1.165, 1.54) is 0 Å². The van der Waals surface area contributed by atoms with Crippen molar-refractivity contribution in [3.05, 3.63) is 109 Å². The molecule has 0 fully saturated rings. The van der Waals surface area contributed by atoms with Crippen LogP contribution >= 0.6 is 0 Å². The van der Waals surface area contributed by atoms with E-state index in [1.807, 2.05) is 104 Å². The van der Waals surface area contributed by atoms with Crippen molar-refractivity contribution in [2.24, 2.45) is 0 Å². The first-order chi connectivity index (χ1) is 27.9. The second kappa shape index (κ2) is 23.7. The number of carbonyl (C=O) groups excluding carboxylic acids is 2. The van der Waals surface area contributed by atoms with Gasteiger partial charge in [0.2, 0.25) is 0 Å². The number of aryl methyl sites for hydroxylation is 1. The van der Waals surface area contributed by atoms with Gasteiger partial charge in [0.25, 0.3) is 0 Å². The Morgan fingerprint density at radius 3 is 1.33 bits per heavy atom. The molecule has 0 heterocycles. The Bertz CT molecular complexity index is 1940. The lowest BCUT2D eigenvalue weighted by Gasteiger charge is -2.23. The zero-order chi connectivity index (χ0) is 40.1. The normalized spacial score (nSPS) is 12.2. The Kier molecular flexibility index (Phi) is 17.9. The predicted octanol–water partition coefficient (Wildman–Crippen LogP) is 11.8. The van der Waals surface area contributed by atoms with Crippen molar-refractivity contribution in [1.82, 2.24) is 0 Å². The van der Waals surface area contributed by atoms with E-state index < -0.39 is 12.2 Å². The van der Waals surface area contributed by atoms with E-state index >= 15 is 0 Å². The standard InChI is InChI=1S/C49H60O8/c1-4-6-8-10-18-28-46(50)56-40(33-52-38-22-14-12-15-23-38)35-54-48-42-26-20-21-27-43(42)49(45-32-37(3)30-31-44(45)48)55-36-41(34-53-39-24-16-13-17-25-39)57-47(51)29-19-11-9-7-5-2/h12-17,20-27,30-32,40-41H,4-11,18-19,28-29,33-36H2,1-3H3. The highest BCUT2D eigenvalue weighted by atomic mass is 16.6. The van der Waals surface area contributed by atoms with Crippen molar-refractivity contribution >= 4 is 33.5 Å². The Hall–Kier alpha value is -5.24. The minimum Gasteiger partial charge on any atom is -0.490 e. The number of esters is 2. The van der Waals surface area contributed by atoms with Crippen molar-refractivity contribution < 1.29 is 38.0 Å². The number of fused-ring (bicyclic) bond motifs is 2. The molecule has 0 aliphatic carbocycles. The van der Waals surface area contributed by atoms with Gasteiger partial charge in [-0.2, -0.15) is 0 Å². The van der Waals surface area contributed by atoms with Gasteiger partial charge >= 0.3 is 11.9 Å². The molecule has 0 saturated heterocycles. The third kappa shape index (κ3) is 14.0. The highest BCUT2D eigenvalue weighted by Crippen LogP contribution is 2.43. The summed E-state index contributed by atoms with van der Waals surface area (Å²) in [5.74, 6) is 2.19. The van der Waals surface area contributed by atoms with Gasteiger partial charge < -0.3 is 28.4 Å². The van der Waals surface area contributed by atoms with Crippen molar-refractivity contribution in [2.45, 2.75) is 110 Å². The van der Waals surface area contributed by atoms with Crippen LogP contribution in [-0.4, -0.2) is 50.6 Å². The molecule has 5 rings (SSSR count). The second-order valence-electron chi connectivity index (χ2n) is 14.7. The number of carbonyl (C=O) groups is 2. The van der Waals surface area contributed by atoms with Crippen LogP contribution in [0.25, 0.3) is 21.5 Å². The Labute approximate surface area is 338 Å². The van der Waals surface area contributed by atoms with Crippen LogP contribution in [0.2, 0.25) is 0 Å². The van der Waals surface area contributed by atoms with E-state index in [9.17, 15) is 9.59 Å². The van der Waals surface area contributed by atoms with Crippen molar-refractivity contribution in [2.75, 3.05) is 26.4 Å². The molecular formula is C49H60O8. The predicted molar refractivity (Wildman–Crippen MR) is 228 cm³/mol. The van der Waals surface area contributed by atoms with Crippen LogP contribution in [-0.2, 0) is 19.1 Å². The molecule has 5 aromatic rings. The van der Waals surface area contributed by atoms with Gasteiger partial charge in [0.1, 0.15) is 49.4 Å². The van der Waals surface area contributed by atoms with E-state index in [0.29, 0.717) is 35.8 Å². The van der Waals surface area contributed by atoms with Gasteiger partial charge in [0.15, 0.2) is 12.2 Å². The largest absolute Gasteiger partial charge is 0.490 e. The molecule has 2 atom stereocenters. The zero-order valence-corrected chi connectivity index (χ0v) is 34.0. The number of ether oxygens (including phenoxy) is 6. The molecule has 304 valence electrons. The molecule has 57 heavy (non-hydrogen) atoms. The second-order valence-corrected chi connectivity index (χ2v) is 14.7. The fourth-order valence-electron chi connectivity index (χ4n) is 6.76. The molecule has 0 bridgehead atoms. The number of unbranched alkanes of at least 4 members (excludes halogenated alkanes) is 8. The number of para-hydroxylation sites is 2. The first kappa shape index (κ1) is 42.9. The monoisotopic (exact) mass is 776 g/mol. The summed E-state index contributed by atoms with van der Waals surface area (Å²) in [5, 5.41) is 3.39. The zero-order valence-electron chi connectivity index (χ0n) is 34.0. The van der Waals surface area contributed by atoms with Gasteiger partial charge in [-0.15, -0.1) is 0 Å². The summed E-state index contributed by atoms with van der Waals surface area (Å²) in [6.45, 7) is 6.86. The summed E-state index contributed by atoms with van der Waals surface area (Å²) < 4.78 is 37.5. The van der Waals surface area contributed by atoms with Crippen LogP contribution in [0.1, 0.15) is 96.5 Å². The summed E-state index contributed by atoms with van der Waals surface area (Å²) >= 11 is 0. The molecule has 0 aliphatic heterocycles. The van der Waals surface area contributed by atoms with Crippen LogP contribution in [0, 0.1) is 6.92 Å². The minimum absolute atomic E-state index is 0.0921. The lowest BCUT2D eigenvalue weighted by molar-refractivity contribution is -0.153. The fraction of sp³-hybridized carbons (Fsp3) is 0.429. The van der Waals surface area contributed by atoms with Gasteiger partial charge in [-0.05, 0) is 50.1 Å². The van der Waals surface area contributed by atoms with Crippen molar-refractivity contribution in [3.8, 4) is 23.0 Å². The topological polar surface area (TPSA) is 89.5 Å². The quantitative estimate of drug-likeness (QED) is 0.0311. The van der Waals surface area contributed by atoms with Gasteiger partial charge in [0, 0.05) is 34.4 Å². The summed E-state index contributed by atoms with van der Waals surface area (Å²) in [5.41, 5.74) is 1.05. The molecule has 0 spiro atoms. The maximum absolute atomic E-state index is 13.0. The molecule has 8 heteroatoms. The fourth-order valence-corrected chi connectivity index (χ4v) is 6.76. The van der Waals surface area contributed by atoms with Gasteiger partial charge in [0.05, 0.1) is 0 Å². The van der Waals surface area contributed by atoms with E-state index in [1.54, 1.807) is 0 Å². The molecule has 5 aromatic carbocycles. The highest BCUT2D eigenvalue weighted by Gasteiger charge is 2.23. The average molecular weight is 777 g/mol. The summed E-state index contributed by atoms with van der Waals surface area (Å²) in [6, 6.07) is 33.1. The van der Waals surface area contributed by atoms with Gasteiger partial charge in [-0.3, -0.25) is 9.59 Å².